The van der Waals surface area contributed by atoms with E-state index >= 15 is 0 Å². The zero-order chi connectivity index (χ0) is 14.3. The molecule has 0 bridgehead atoms. The van der Waals surface area contributed by atoms with Gasteiger partial charge in [-0.25, -0.2) is 8.42 Å². The van der Waals surface area contributed by atoms with E-state index in [9.17, 15) is 13.2 Å². The molecule has 1 aliphatic rings. The first-order valence-electron chi connectivity index (χ1n) is 6.59. The fourth-order valence-corrected chi connectivity index (χ4v) is 3.10. The van der Waals surface area contributed by atoms with Crippen LogP contribution in [-0.4, -0.2) is 68.9 Å². The minimum absolute atomic E-state index is 0.0641. The van der Waals surface area contributed by atoms with Crippen LogP contribution in [0.15, 0.2) is 0 Å². The van der Waals surface area contributed by atoms with Gasteiger partial charge >= 0.3 is 0 Å². The van der Waals surface area contributed by atoms with Crippen molar-refractivity contribution in [2.75, 3.05) is 43.7 Å². The highest BCUT2D eigenvalue weighted by atomic mass is 32.2. The van der Waals surface area contributed by atoms with Gasteiger partial charge in [-0.2, -0.15) is 11.8 Å². The SMILES string of the molecule is CSCCN1CCC(NC(=O)CCS(C)(=O)=O)CC1. The second-order valence-corrected chi connectivity index (χ2v) is 8.30. The summed E-state index contributed by atoms with van der Waals surface area (Å²) in [6, 6.07) is 0.206. The standard InChI is InChI=1S/C12H24N2O3S2/c1-18-9-8-14-6-3-11(4-7-14)13-12(15)5-10-19(2,16)17/h11H,3-10H2,1-2H3,(H,13,15). The predicted octanol–water partition coefficient (Wildman–Crippen LogP) is 0.365. The number of thioether (sulfide) groups is 1. The Morgan fingerprint density at radius 2 is 2.00 bits per heavy atom. The minimum atomic E-state index is -3.05. The molecule has 19 heavy (non-hydrogen) atoms. The topological polar surface area (TPSA) is 66.5 Å². The van der Waals surface area contributed by atoms with Crippen molar-refractivity contribution in [3.63, 3.8) is 0 Å². The van der Waals surface area contributed by atoms with Crippen LogP contribution < -0.4 is 5.32 Å². The Bertz CT molecular complexity index is 376. The van der Waals surface area contributed by atoms with Crippen LogP contribution in [0.2, 0.25) is 0 Å². The molecule has 1 amide bonds. The lowest BCUT2D eigenvalue weighted by molar-refractivity contribution is -0.121. The Hall–Kier alpha value is -0.270. The lowest BCUT2D eigenvalue weighted by atomic mass is 10.1. The molecule has 1 aliphatic heterocycles. The lowest BCUT2D eigenvalue weighted by Gasteiger charge is -2.32. The van der Waals surface area contributed by atoms with Crippen LogP contribution in [-0.2, 0) is 14.6 Å². The molecule has 0 radical (unpaired) electrons. The molecular weight excluding hydrogens is 284 g/mol. The van der Waals surface area contributed by atoms with Gasteiger partial charge in [0.15, 0.2) is 0 Å². The predicted molar refractivity (Wildman–Crippen MR) is 80.3 cm³/mol. The van der Waals surface area contributed by atoms with Crippen LogP contribution in [0.5, 0.6) is 0 Å². The molecule has 0 atom stereocenters. The highest BCUT2D eigenvalue weighted by Gasteiger charge is 2.20. The van der Waals surface area contributed by atoms with Crippen molar-refractivity contribution in [3.05, 3.63) is 0 Å². The number of nitrogens with zero attached hydrogens (tertiary/aromatic N) is 1. The maximum absolute atomic E-state index is 11.6. The van der Waals surface area contributed by atoms with Crippen LogP contribution in [0.3, 0.4) is 0 Å². The number of piperidine rings is 1. The smallest absolute Gasteiger partial charge is 0.221 e. The van der Waals surface area contributed by atoms with Gasteiger partial charge in [-0.3, -0.25) is 4.79 Å². The number of rotatable bonds is 7. The summed E-state index contributed by atoms with van der Waals surface area (Å²) in [5, 5.41) is 2.93. The van der Waals surface area contributed by atoms with E-state index in [0.717, 1.165) is 44.5 Å². The summed E-state index contributed by atoms with van der Waals surface area (Å²) >= 11 is 1.85. The normalized spacial score (nSPS) is 18.4. The number of likely N-dealkylation sites (tertiary alicyclic amines) is 1. The molecule has 5 nitrogen and oxygen atoms in total. The maximum atomic E-state index is 11.6. The Morgan fingerprint density at radius 1 is 1.37 bits per heavy atom. The second kappa shape index (κ2) is 8.11. The van der Waals surface area contributed by atoms with Crippen LogP contribution in [0.4, 0.5) is 0 Å². The van der Waals surface area contributed by atoms with Gasteiger partial charge in [0.05, 0.1) is 5.75 Å². The van der Waals surface area contributed by atoms with Crippen molar-refractivity contribution in [2.24, 2.45) is 0 Å². The van der Waals surface area contributed by atoms with Gasteiger partial charge in [-0.05, 0) is 19.1 Å². The zero-order valence-corrected chi connectivity index (χ0v) is 13.4. The molecule has 0 saturated carbocycles. The first-order valence-corrected chi connectivity index (χ1v) is 10.0. The van der Waals surface area contributed by atoms with Gasteiger partial charge in [0.1, 0.15) is 9.84 Å². The minimum Gasteiger partial charge on any atom is -0.353 e. The van der Waals surface area contributed by atoms with Crippen LogP contribution in [0, 0.1) is 0 Å². The zero-order valence-electron chi connectivity index (χ0n) is 11.7. The molecule has 112 valence electrons. The van der Waals surface area contributed by atoms with Crippen molar-refractivity contribution >= 4 is 27.5 Å². The van der Waals surface area contributed by atoms with E-state index in [0.29, 0.717) is 0 Å². The lowest BCUT2D eigenvalue weighted by Crippen LogP contribution is -2.45. The highest BCUT2D eigenvalue weighted by Crippen LogP contribution is 2.11. The fraction of sp³-hybridized carbons (Fsp3) is 0.917. The van der Waals surface area contributed by atoms with E-state index in [1.165, 1.54) is 0 Å². The average molecular weight is 308 g/mol. The van der Waals surface area contributed by atoms with E-state index in [-0.39, 0.29) is 24.1 Å². The van der Waals surface area contributed by atoms with Crippen LogP contribution in [0.1, 0.15) is 19.3 Å². The molecule has 1 fully saturated rings. The molecule has 1 heterocycles. The highest BCUT2D eigenvalue weighted by molar-refractivity contribution is 7.98. The molecule has 7 heteroatoms. The second-order valence-electron chi connectivity index (χ2n) is 5.06. The van der Waals surface area contributed by atoms with E-state index in [1.54, 1.807) is 0 Å². The number of nitrogens with one attached hydrogen (secondary N) is 1. The van der Waals surface area contributed by atoms with Crippen molar-refractivity contribution in [1.29, 1.82) is 0 Å². The fourth-order valence-electron chi connectivity index (χ4n) is 2.10. The number of hydrogen-bond acceptors (Lipinski definition) is 5. The Labute approximate surface area is 120 Å². The first kappa shape index (κ1) is 16.8. The number of hydrogen-bond donors (Lipinski definition) is 1. The average Bonchev–Trinajstić information content (AvgIpc) is 2.35. The maximum Gasteiger partial charge on any atom is 0.221 e. The van der Waals surface area contributed by atoms with Crippen molar-refractivity contribution in [2.45, 2.75) is 25.3 Å². The molecule has 0 aliphatic carbocycles. The largest absolute Gasteiger partial charge is 0.353 e. The summed E-state index contributed by atoms with van der Waals surface area (Å²) in [5.41, 5.74) is 0. The van der Waals surface area contributed by atoms with E-state index in [4.69, 9.17) is 0 Å². The number of carbonyl (C=O) groups excluding carboxylic acids is 1. The summed E-state index contributed by atoms with van der Waals surface area (Å²) < 4.78 is 22.0. The third-order valence-corrected chi connectivity index (χ3v) is 4.80. The monoisotopic (exact) mass is 308 g/mol. The Morgan fingerprint density at radius 3 is 2.53 bits per heavy atom. The summed E-state index contributed by atoms with van der Waals surface area (Å²) in [6.07, 6.45) is 5.25. The molecule has 1 N–H and O–H groups in total. The number of carbonyl (C=O) groups is 1. The Balaban J connectivity index is 2.20. The quantitative estimate of drug-likeness (QED) is 0.736. The van der Waals surface area contributed by atoms with Gasteiger partial charge < -0.3 is 10.2 Å². The van der Waals surface area contributed by atoms with E-state index < -0.39 is 9.84 Å². The van der Waals surface area contributed by atoms with E-state index in [2.05, 4.69) is 16.5 Å². The third-order valence-electron chi connectivity index (χ3n) is 3.26. The van der Waals surface area contributed by atoms with Crippen molar-refractivity contribution in [3.8, 4) is 0 Å². The summed E-state index contributed by atoms with van der Waals surface area (Å²) in [4.78, 5) is 14.0. The van der Waals surface area contributed by atoms with E-state index in [1.807, 2.05) is 11.8 Å². The summed E-state index contributed by atoms with van der Waals surface area (Å²) in [6.45, 7) is 3.13. The molecule has 0 aromatic heterocycles. The number of amides is 1. The van der Waals surface area contributed by atoms with Crippen LogP contribution in [0.25, 0.3) is 0 Å². The molecule has 1 rings (SSSR count). The first-order chi connectivity index (χ1) is 8.90. The summed E-state index contributed by atoms with van der Waals surface area (Å²) in [5.74, 6) is 0.935. The molecule has 0 aromatic rings. The van der Waals surface area contributed by atoms with Crippen LogP contribution >= 0.6 is 11.8 Å². The van der Waals surface area contributed by atoms with Crippen molar-refractivity contribution < 1.29 is 13.2 Å². The third kappa shape index (κ3) is 7.79. The number of sulfone groups is 1. The Kier molecular flexibility index (Phi) is 7.17. The van der Waals surface area contributed by atoms with Crippen molar-refractivity contribution in [1.82, 2.24) is 10.2 Å². The molecule has 0 spiro atoms. The molecule has 1 saturated heterocycles. The summed E-state index contributed by atoms with van der Waals surface area (Å²) in [7, 11) is -3.05. The molecular formula is C12H24N2O3S2. The van der Waals surface area contributed by atoms with Gasteiger partial charge in [0.2, 0.25) is 5.91 Å². The van der Waals surface area contributed by atoms with Gasteiger partial charge in [-0.1, -0.05) is 0 Å². The van der Waals surface area contributed by atoms with Gasteiger partial charge in [-0.15, -0.1) is 0 Å². The van der Waals surface area contributed by atoms with Gasteiger partial charge in [0.25, 0.3) is 0 Å². The molecule has 0 unspecified atom stereocenters. The molecule has 0 aromatic carbocycles. The van der Waals surface area contributed by atoms with Gasteiger partial charge in [0, 0.05) is 44.1 Å².